The third-order valence-corrected chi connectivity index (χ3v) is 4.50. The van der Waals surface area contributed by atoms with Crippen LogP contribution in [0.25, 0.3) is 0 Å². The molecule has 10 nitrogen and oxygen atoms in total. The summed E-state index contributed by atoms with van der Waals surface area (Å²) in [5.74, 6) is -3.27. The van der Waals surface area contributed by atoms with Gasteiger partial charge in [-0.25, -0.2) is 0 Å². The van der Waals surface area contributed by atoms with Gasteiger partial charge in [-0.1, -0.05) is 12.1 Å². The van der Waals surface area contributed by atoms with Crippen molar-refractivity contribution in [2.24, 2.45) is 5.73 Å². The summed E-state index contributed by atoms with van der Waals surface area (Å²) in [5, 5.41) is 24.9. The summed E-state index contributed by atoms with van der Waals surface area (Å²) < 4.78 is 0. The van der Waals surface area contributed by atoms with Crippen LogP contribution < -0.4 is 21.7 Å². The minimum Gasteiger partial charge on any atom is -0.508 e. The summed E-state index contributed by atoms with van der Waals surface area (Å²) in [7, 11) is 0. The Morgan fingerprint density at radius 2 is 1.45 bits per heavy atom. The van der Waals surface area contributed by atoms with Gasteiger partial charge in [0.15, 0.2) is 0 Å². The Labute approximate surface area is 178 Å². The van der Waals surface area contributed by atoms with E-state index in [1.54, 1.807) is 12.1 Å². The summed E-state index contributed by atoms with van der Waals surface area (Å²) in [6.45, 7) is -0.599. The Balaban J connectivity index is 2.63. The molecule has 12 heteroatoms. The number of phenols is 1. The number of amides is 3. The second-order valence-electron chi connectivity index (χ2n) is 6.08. The van der Waals surface area contributed by atoms with Crippen LogP contribution in [0.15, 0.2) is 24.3 Å². The van der Waals surface area contributed by atoms with Crippen LogP contribution in [0.1, 0.15) is 5.56 Å². The molecule has 0 fully saturated rings. The van der Waals surface area contributed by atoms with Gasteiger partial charge in [-0.2, -0.15) is 25.3 Å². The van der Waals surface area contributed by atoms with E-state index in [1.165, 1.54) is 12.1 Å². The lowest BCUT2D eigenvalue weighted by molar-refractivity contribution is -0.138. The fourth-order valence-corrected chi connectivity index (χ4v) is 2.72. The van der Waals surface area contributed by atoms with Crippen molar-refractivity contribution in [3.05, 3.63) is 29.8 Å². The molecule has 3 unspecified atom stereocenters. The molecule has 0 aromatic heterocycles. The van der Waals surface area contributed by atoms with E-state index in [0.717, 1.165) is 5.56 Å². The summed E-state index contributed by atoms with van der Waals surface area (Å²) in [6.07, 6.45) is 0.184. The molecule has 3 amide bonds. The van der Waals surface area contributed by atoms with Crippen LogP contribution in [0, 0.1) is 0 Å². The maximum absolute atomic E-state index is 12.4. The van der Waals surface area contributed by atoms with Crippen LogP contribution in [0.3, 0.4) is 0 Å². The smallest absolute Gasteiger partial charge is 0.322 e. The van der Waals surface area contributed by atoms with Gasteiger partial charge in [-0.05, 0) is 24.1 Å². The zero-order valence-electron chi connectivity index (χ0n) is 15.4. The highest BCUT2D eigenvalue weighted by molar-refractivity contribution is 7.80. The van der Waals surface area contributed by atoms with E-state index < -0.39 is 48.4 Å². The van der Waals surface area contributed by atoms with Gasteiger partial charge in [0.2, 0.25) is 17.7 Å². The zero-order chi connectivity index (χ0) is 22.0. The molecule has 0 bridgehead atoms. The molecule has 1 aromatic carbocycles. The SMILES string of the molecule is NC(Cc1ccc(O)cc1)C(=O)NC(CS)C(=O)NC(CS)C(=O)NCC(=O)O. The van der Waals surface area contributed by atoms with E-state index in [1.807, 2.05) is 0 Å². The molecule has 160 valence electrons. The third kappa shape index (κ3) is 8.62. The van der Waals surface area contributed by atoms with Gasteiger partial charge in [-0.3, -0.25) is 19.2 Å². The van der Waals surface area contributed by atoms with Gasteiger partial charge in [-0.15, -0.1) is 0 Å². The van der Waals surface area contributed by atoms with Gasteiger partial charge < -0.3 is 31.9 Å². The van der Waals surface area contributed by atoms with Crippen LogP contribution in [-0.2, 0) is 25.6 Å². The van der Waals surface area contributed by atoms with Crippen molar-refractivity contribution in [2.75, 3.05) is 18.1 Å². The number of aliphatic carboxylic acids is 1. The van der Waals surface area contributed by atoms with E-state index in [4.69, 9.17) is 10.8 Å². The molecule has 0 aliphatic rings. The van der Waals surface area contributed by atoms with Crippen LogP contribution in [0.5, 0.6) is 5.75 Å². The molecular formula is C17H24N4O6S2. The highest BCUT2D eigenvalue weighted by atomic mass is 32.1. The number of carboxylic acid groups (broad SMARTS) is 1. The predicted octanol–water partition coefficient (Wildman–Crippen LogP) is -1.71. The first-order valence-electron chi connectivity index (χ1n) is 8.53. The van der Waals surface area contributed by atoms with E-state index >= 15 is 0 Å². The molecule has 7 N–H and O–H groups in total. The highest BCUT2D eigenvalue weighted by Gasteiger charge is 2.27. The number of rotatable bonds is 11. The Morgan fingerprint density at radius 3 is 1.97 bits per heavy atom. The van der Waals surface area contributed by atoms with E-state index in [-0.39, 0.29) is 23.7 Å². The van der Waals surface area contributed by atoms with Gasteiger partial charge in [0, 0.05) is 11.5 Å². The number of carbonyl (C=O) groups excluding carboxylic acids is 3. The van der Waals surface area contributed by atoms with Gasteiger partial charge in [0.25, 0.3) is 0 Å². The zero-order valence-corrected chi connectivity index (χ0v) is 17.2. The maximum Gasteiger partial charge on any atom is 0.322 e. The number of nitrogens with two attached hydrogens (primary N) is 1. The normalized spacial score (nSPS) is 13.6. The quantitative estimate of drug-likeness (QED) is 0.188. The molecule has 0 spiro atoms. The number of hydrogen-bond acceptors (Lipinski definition) is 8. The number of nitrogens with one attached hydrogen (secondary N) is 3. The molecule has 0 aliphatic carbocycles. The molecule has 0 radical (unpaired) electrons. The van der Waals surface area contributed by atoms with Gasteiger partial charge in [0.1, 0.15) is 24.4 Å². The molecule has 0 saturated carbocycles. The average molecular weight is 445 g/mol. The van der Waals surface area contributed by atoms with Gasteiger partial charge >= 0.3 is 5.97 Å². The van der Waals surface area contributed by atoms with Crippen molar-refractivity contribution < 1.29 is 29.4 Å². The summed E-state index contributed by atoms with van der Waals surface area (Å²) in [5.41, 5.74) is 6.60. The number of carbonyl (C=O) groups is 4. The number of carboxylic acids is 1. The molecule has 0 saturated heterocycles. The maximum atomic E-state index is 12.4. The molecular weight excluding hydrogens is 420 g/mol. The van der Waals surface area contributed by atoms with Gasteiger partial charge in [0.05, 0.1) is 6.04 Å². The highest BCUT2D eigenvalue weighted by Crippen LogP contribution is 2.11. The summed E-state index contributed by atoms with van der Waals surface area (Å²) >= 11 is 8.01. The summed E-state index contributed by atoms with van der Waals surface area (Å²) in [4.78, 5) is 47.1. The van der Waals surface area contributed by atoms with Crippen molar-refractivity contribution in [3.8, 4) is 5.75 Å². The van der Waals surface area contributed by atoms with E-state index in [0.29, 0.717) is 0 Å². The van der Waals surface area contributed by atoms with Crippen LogP contribution in [0.2, 0.25) is 0 Å². The van der Waals surface area contributed by atoms with Crippen molar-refractivity contribution in [1.29, 1.82) is 0 Å². The lowest BCUT2D eigenvalue weighted by Crippen LogP contribution is -2.57. The van der Waals surface area contributed by atoms with E-state index in [9.17, 15) is 24.3 Å². The topological polar surface area (TPSA) is 171 Å². The molecule has 0 heterocycles. The minimum atomic E-state index is -1.23. The largest absolute Gasteiger partial charge is 0.508 e. The number of aromatic hydroxyl groups is 1. The standard InChI is InChI=1S/C17H24N4O6S2/c18-11(5-9-1-3-10(22)4-2-9)15(25)20-13(8-29)17(27)21-12(7-28)16(26)19-6-14(23)24/h1-4,11-13,22,28-29H,5-8,18H2,(H,19,26)(H,20,25)(H,21,27)(H,23,24). The fourth-order valence-electron chi connectivity index (χ4n) is 2.20. The van der Waals surface area contributed by atoms with Crippen LogP contribution in [-0.4, -0.2) is 70.1 Å². The molecule has 1 rings (SSSR count). The lowest BCUT2D eigenvalue weighted by Gasteiger charge is -2.22. The first-order chi connectivity index (χ1) is 13.7. The first kappa shape index (κ1) is 24.6. The number of benzene rings is 1. The van der Waals surface area contributed by atoms with E-state index in [2.05, 4.69) is 41.2 Å². The number of hydrogen-bond donors (Lipinski definition) is 8. The average Bonchev–Trinajstić information content (AvgIpc) is 2.69. The van der Waals surface area contributed by atoms with Crippen molar-refractivity contribution in [3.63, 3.8) is 0 Å². The fraction of sp³-hybridized carbons (Fsp3) is 0.412. The first-order valence-corrected chi connectivity index (χ1v) is 9.79. The van der Waals surface area contributed by atoms with Crippen molar-refractivity contribution in [2.45, 2.75) is 24.5 Å². The monoisotopic (exact) mass is 444 g/mol. The number of phenolic OH excluding ortho intramolecular Hbond substituents is 1. The predicted molar refractivity (Wildman–Crippen MR) is 112 cm³/mol. The lowest BCUT2D eigenvalue weighted by atomic mass is 10.1. The van der Waals surface area contributed by atoms with Crippen LogP contribution in [0.4, 0.5) is 0 Å². The Morgan fingerprint density at radius 1 is 0.931 bits per heavy atom. The molecule has 3 atom stereocenters. The molecule has 1 aromatic rings. The Kier molecular flexibility index (Phi) is 10.3. The second-order valence-corrected chi connectivity index (χ2v) is 6.81. The third-order valence-electron chi connectivity index (χ3n) is 3.77. The minimum absolute atomic E-state index is 0.0560. The van der Waals surface area contributed by atoms with Crippen molar-refractivity contribution >= 4 is 48.9 Å². The van der Waals surface area contributed by atoms with Crippen molar-refractivity contribution in [1.82, 2.24) is 16.0 Å². The molecule has 29 heavy (non-hydrogen) atoms. The number of thiol groups is 2. The molecule has 0 aliphatic heterocycles. The summed E-state index contributed by atoms with van der Waals surface area (Å²) in [6, 6.07) is 3.08. The van der Waals surface area contributed by atoms with Crippen LogP contribution >= 0.6 is 25.3 Å². The second kappa shape index (κ2) is 12.2. The Hall–Kier alpha value is -2.44. The Bertz CT molecular complexity index is 731.